The Kier molecular flexibility index (Phi) is 2.83. The molecule has 2 aliphatic carbocycles. The highest BCUT2D eigenvalue weighted by Crippen LogP contribution is 2.39. The third-order valence-electron chi connectivity index (χ3n) is 4.68. The van der Waals surface area contributed by atoms with Crippen molar-refractivity contribution in [3.05, 3.63) is 0 Å². The first kappa shape index (κ1) is 12.0. The molecule has 1 spiro atoms. The zero-order valence-electron chi connectivity index (χ0n) is 11.1. The van der Waals surface area contributed by atoms with Crippen LogP contribution in [0.4, 0.5) is 0 Å². The quantitative estimate of drug-likeness (QED) is 0.809. The van der Waals surface area contributed by atoms with Gasteiger partial charge in [-0.3, -0.25) is 9.59 Å². The molecule has 18 heavy (non-hydrogen) atoms. The summed E-state index contributed by atoms with van der Waals surface area (Å²) in [4.78, 5) is 27.0. The van der Waals surface area contributed by atoms with E-state index >= 15 is 0 Å². The molecule has 0 aromatic heterocycles. The van der Waals surface area contributed by atoms with Crippen molar-refractivity contribution >= 4 is 11.8 Å². The maximum Gasteiger partial charge on any atom is 0.249 e. The lowest BCUT2D eigenvalue weighted by Gasteiger charge is -2.47. The molecule has 0 bridgehead atoms. The first-order valence-electron chi connectivity index (χ1n) is 7.33. The second-order valence-corrected chi connectivity index (χ2v) is 6.00. The van der Waals surface area contributed by atoms with Crippen LogP contribution in [-0.4, -0.2) is 34.3 Å². The summed E-state index contributed by atoms with van der Waals surface area (Å²) < 4.78 is 0. The van der Waals surface area contributed by atoms with Crippen LogP contribution in [-0.2, 0) is 9.59 Å². The van der Waals surface area contributed by atoms with Gasteiger partial charge in [0.2, 0.25) is 11.8 Å². The first-order valence-corrected chi connectivity index (χ1v) is 7.33. The Morgan fingerprint density at radius 2 is 1.89 bits per heavy atom. The van der Waals surface area contributed by atoms with Crippen molar-refractivity contribution < 1.29 is 9.59 Å². The van der Waals surface area contributed by atoms with Gasteiger partial charge in [-0.25, -0.2) is 0 Å². The summed E-state index contributed by atoms with van der Waals surface area (Å²) in [6, 6.07) is 0.116. The zero-order chi connectivity index (χ0) is 12.8. The molecule has 1 saturated heterocycles. The van der Waals surface area contributed by atoms with Gasteiger partial charge in [-0.15, -0.1) is 0 Å². The second kappa shape index (κ2) is 4.25. The van der Waals surface area contributed by atoms with E-state index in [0.717, 1.165) is 44.9 Å². The van der Waals surface area contributed by atoms with Crippen LogP contribution in [0.2, 0.25) is 0 Å². The fourth-order valence-corrected chi connectivity index (χ4v) is 3.54. The standard InChI is InChI=1S/C14H22N2O2/c1-2-11-12(17)15-14(8-4-3-5-9-14)13(18)16(11)10-6-7-10/h10-11H,2-9H2,1H3,(H,15,17). The van der Waals surface area contributed by atoms with Gasteiger partial charge in [0.1, 0.15) is 11.6 Å². The molecule has 3 fully saturated rings. The average molecular weight is 250 g/mol. The Morgan fingerprint density at radius 3 is 2.44 bits per heavy atom. The van der Waals surface area contributed by atoms with Crippen molar-refractivity contribution in [3.8, 4) is 0 Å². The molecule has 2 saturated carbocycles. The van der Waals surface area contributed by atoms with E-state index in [1.165, 1.54) is 6.42 Å². The number of hydrogen-bond acceptors (Lipinski definition) is 2. The molecule has 0 aromatic rings. The van der Waals surface area contributed by atoms with E-state index in [2.05, 4.69) is 5.32 Å². The maximum atomic E-state index is 12.8. The van der Waals surface area contributed by atoms with E-state index < -0.39 is 5.54 Å². The number of nitrogens with one attached hydrogen (secondary N) is 1. The van der Waals surface area contributed by atoms with Crippen LogP contribution in [0.25, 0.3) is 0 Å². The third kappa shape index (κ3) is 1.73. The minimum Gasteiger partial charge on any atom is -0.340 e. The van der Waals surface area contributed by atoms with Gasteiger partial charge < -0.3 is 10.2 Å². The monoisotopic (exact) mass is 250 g/mol. The number of rotatable bonds is 2. The fourth-order valence-electron chi connectivity index (χ4n) is 3.54. The van der Waals surface area contributed by atoms with Crippen molar-refractivity contribution in [2.24, 2.45) is 0 Å². The topological polar surface area (TPSA) is 49.4 Å². The zero-order valence-corrected chi connectivity index (χ0v) is 11.1. The summed E-state index contributed by atoms with van der Waals surface area (Å²) in [5.74, 6) is 0.280. The Morgan fingerprint density at radius 1 is 1.22 bits per heavy atom. The molecule has 1 atom stereocenters. The van der Waals surface area contributed by atoms with E-state index in [1.807, 2.05) is 11.8 Å². The highest BCUT2D eigenvalue weighted by molar-refractivity contribution is 6.00. The van der Waals surface area contributed by atoms with Gasteiger partial charge in [0.25, 0.3) is 0 Å². The van der Waals surface area contributed by atoms with Gasteiger partial charge in [-0.05, 0) is 32.1 Å². The van der Waals surface area contributed by atoms with Crippen LogP contribution in [0, 0.1) is 0 Å². The minimum atomic E-state index is -0.552. The molecule has 1 heterocycles. The summed E-state index contributed by atoms with van der Waals surface area (Å²) >= 11 is 0. The van der Waals surface area contributed by atoms with Crippen LogP contribution in [0.3, 0.4) is 0 Å². The molecule has 1 unspecified atom stereocenters. The fraction of sp³-hybridized carbons (Fsp3) is 0.857. The van der Waals surface area contributed by atoms with E-state index in [4.69, 9.17) is 0 Å². The lowest BCUT2D eigenvalue weighted by molar-refractivity contribution is -0.157. The van der Waals surface area contributed by atoms with Gasteiger partial charge in [0.05, 0.1) is 0 Å². The number of carbonyl (C=O) groups excluding carboxylic acids is 2. The van der Waals surface area contributed by atoms with Crippen molar-refractivity contribution in [1.82, 2.24) is 10.2 Å². The number of piperazine rings is 1. The first-order chi connectivity index (χ1) is 8.68. The van der Waals surface area contributed by atoms with E-state index in [0.29, 0.717) is 6.04 Å². The molecule has 1 aliphatic heterocycles. The van der Waals surface area contributed by atoms with Crippen LogP contribution < -0.4 is 5.32 Å². The van der Waals surface area contributed by atoms with E-state index in [1.54, 1.807) is 0 Å². The molecule has 0 radical (unpaired) electrons. The highest BCUT2D eigenvalue weighted by Gasteiger charge is 2.53. The van der Waals surface area contributed by atoms with Crippen molar-refractivity contribution in [2.75, 3.05) is 0 Å². The Hall–Kier alpha value is -1.06. The van der Waals surface area contributed by atoms with Gasteiger partial charge in [-0.2, -0.15) is 0 Å². The second-order valence-electron chi connectivity index (χ2n) is 6.00. The maximum absolute atomic E-state index is 12.8. The third-order valence-corrected chi connectivity index (χ3v) is 4.68. The van der Waals surface area contributed by atoms with Crippen LogP contribution in [0.1, 0.15) is 58.3 Å². The van der Waals surface area contributed by atoms with Crippen LogP contribution in [0.5, 0.6) is 0 Å². The molecule has 3 aliphatic rings. The molecule has 2 amide bonds. The SMILES string of the molecule is CCC1C(=O)NC2(CCCCC2)C(=O)N1C1CC1. The predicted octanol–water partition coefficient (Wildman–Crippen LogP) is 1.59. The molecular formula is C14H22N2O2. The van der Waals surface area contributed by atoms with Crippen molar-refractivity contribution in [1.29, 1.82) is 0 Å². The van der Waals surface area contributed by atoms with E-state index in [9.17, 15) is 9.59 Å². The van der Waals surface area contributed by atoms with Gasteiger partial charge in [0.15, 0.2) is 0 Å². The smallest absolute Gasteiger partial charge is 0.249 e. The Balaban J connectivity index is 1.90. The summed E-state index contributed by atoms with van der Waals surface area (Å²) in [5, 5.41) is 3.06. The summed E-state index contributed by atoms with van der Waals surface area (Å²) in [6.07, 6.45) is 7.84. The number of amides is 2. The normalized spacial score (nSPS) is 31.6. The summed E-state index contributed by atoms with van der Waals surface area (Å²) in [7, 11) is 0. The number of hydrogen-bond donors (Lipinski definition) is 1. The van der Waals surface area contributed by atoms with E-state index in [-0.39, 0.29) is 17.9 Å². The number of carbonyl (C=O) groups is 2. The Bertz CT molecular complexity index is 370. The molecule has 0 aromatic carbocycles. The molecule has 4 nitrogen and oxygen atoms in total. The van der Waals surface area contributed by atoms with Crippen molar-refractivity contribution in [3.63, 3.8) is 0 Å². The molecule has 1 N–H and O–H groups in total. The lowest BCUT2D eigenvalue weighted by Crippen LogP contribution is -2.71. The molecule has 3 rings (SSSR count). The predicted molar refractivity (Wildman–Crippen MR) is 67.9 cm³/mol. The van der Waals surface area contributed by atoms with Crippen LogP contribution in [0.15, 0.2) is 0 Å². The molecule has 4 heteroatoms. The van der Waals surface area contributed by atoms with Gasteiger partial charge in [0, 0.05) is 6.04 Å². The Labute approximate surface area is 108 Å². The highest BCUT2D eigenvalue weighted by atomic mass is 16.2. The number of nitrogens with zero attached hydrogens (tertiary/aromatic N) is 1. The molecule has 100 valence electrons. The molecular weight excluding hydrogens is 228 g/mol. The van der Waals surface area contributed by atoms with Gasteiger partial charge >= 0.3 is 0 Å². The van der Waals surface area contributed by atoms with Crippen LogP contribution >= 0.6 is 0 Å². The van der Waals surface area contributed by atoms with Gasteiger partial charge in [-0.1, -0.05) is 26.2 Å². The van der Waals surface area contributed by atoms with Crippen molar-refractivity contribution in [2.45, 2.75) is 75.9 Å². The minimum absolute atomic E-state index is 0.0749. The largest absolute Gasteiger partial charge is 0.340 e. The average Bonchev–Trinajstić information content (AvgIpc) is 3.19. The summed E-state index contributed by atoms with van der Waals surface area (Å²) in [6.45, 7) is 1.99. The summed E-state index contributed by atoms with van der Waals surface area (Å²) in [5.41, 5.74) is -0.552. The lowest BCUT2D eigenvalue weighted by atomic mass is 9.78.